The van der Waals surface area contributed by atoms with Crippen LogP contribution in [0.2, 0.25) is 0 Å². The largest absolute Gasteiger partial charge is 0.481 e. The molecule has 82 valence electrons. The first kappa shape index (κ1) is 9.33. The summed E-state index contributed by atoms with van der Waals surface area (Å²) in [5.74, 6) is -0.390. The van der Waals surface area contributed by atoms with Crippen molar-refractivity contribution in [2.24, 2.45) is 0 Å². The molecule has 5 nitrogen and oxygen atoms in total. The Kier molecular flexibility index (Phi) is 1.92. The molecule has 0 unspecified atom stereocenters. The van der Waals surface area contributed by atoms with Crippen LogP contribution in [-0.4, -0.2) is 25.7 Å². The molecule has 0 amide bonds. The molecular formula is C11H11N3O2. The normalized spacial score (nSPS) is 15.5. The number of nitrogens with zero attached hydrogens (tertiary/aromatic N) is 3. The van der Waals surface area contributed by atoms with Gasteiger partial charge in [0.2, 0.25) is 0 Å². The van der Waals surface area contributed by atoms with Gasteiger partial charge in [-0.25, -0.2) is 9.50 Å². The molecule has 1 saturated carbocycles. The van der Waals surface area contributed by atoms with Crippen molar-refractivity contribution in [2.75, 3.05) is 0 Å². The lowest BCUT2D eigenvalue weighted by Gasteiger charge is -1.96. The Morgan fingerprint density at radius 1 is 1.56 bits per heavy atom. The van der Waals surface area contributed by atoms with Crippen LogP contribution >= 0.6 is 0 Å². The predicted octanol–water partition coefficient (Wildman–Crippen LogP) is 1.23. The van der Waals surface area contributed by atoms with Gasteiger partial charge in [0, 0.05) is 23.9 Å². The summed E-state index contributed by atoms with van der Waals surface area (Å²) in [4.78, 5) is 15.0. The van der Waals surface area contributed by atoms with Crippen LogP contribution < -0.4 is 0 Å². The number of aliphatic carboxylic acids is 1. The van der Waals surface area contributed by atoms with E-state index in [0.717, 1.165) is 24.1 Å². The number of carboxylic acids is 1. The van der Waals surface area contributed by atoms with Gasteiger partial charge in [-0.3, -0.25) is 4.79 Å². The van der Waals surface area contributed by atoms with Crippen molar-refractivity contribution in [3.63, 3.8) is 0 Å². The molecule has 0 aromatic carbocycles. The maximum atomic E-state index is 10.8. The molecule has 0 saturated heterocycles. The van der Waals surface area contributed by atoms with E-state index in [1.54, 1.807) is 23.0 Å². The highest BCUT2D eigenvalue weighted by Crippen LogP contribution is 2.41. The van der Waals surface area contributed by atoms with Gasteiger partial charge in [0.15, 0.2) is 5.65 Å². The number of carbonyl (C=O) groups is 1. The number of fused-ring (bicyclic) bond motifs is 1. The minimum Gasteiger partial charge on any atom is -0.481 e. The van der Waals surface area contributed by atoms with Crippen molar-refractivity contribution in [3.05, 3.63) is 29.7 Å². The lowest BCUT2D eigenvalue weighted by molar-refractivity contribution is -0.136. The van der Waals surface area contributed by atoms with Crippen LogP contribution in [0.3, 0.4) is 0 Å². The molecule has 2 aromatic heterocycles. The van der Waals surface area contributed by atoms with Gasteiger partial charge < -0.3 is 5.11 Å². The summed E-state index contributed by atoms with van der Waals surface area (Å²) in [6.45, 7) is 0. The number of aromatic nitrogens is 3. The van der Waals surface area contributed by atoms with E-state index in [0.29, 0.717) is 11.6 Å². The highest BCUT2D eigenvalue weighted by molar-refractivity contribution is 5.74. The Bertz CT molecular complexity index is 557. The number of rotatable bonds is 3. The van der Waals surface area contributed by atoms with Crippen LogP contribution in [0.25, 0.3) is 5.65 Å². The van der Waals surface area contributed by atoms with Gasteiger partial charge in [0.05, 0.1) is 12.1 Å². The van der Waals surface area contributed by atoms with E-state index in [1.165, 1.54) is 0 Å². The summed E-state index contributed by atoms with van der Waals surface area (Å²) in [5.41, 5.74) is 2.36. The monoisotopic (exact) mass is 217 g/mol. The summed E-state index contributed by atoms with van der Waals surface area (Å²) in [6.07, 6.45) is 5.69. The van der Waals surface area contributed by atoms with Crippen LogP contribution in [0.1, 0.15) is 30.0 Å². The first-order chi connectivity index (χ1) is 7.75. The molecule has 1 fully saturated rings. The lowest BCUT2D eigenvalue weighted by atomic mass is 10.1. The van der Waals surface area contributed by atoms with E-state index in [2.05, 4.69) is 10.1 Å². The van der Waals surface area contributed by atoms with E-state index in [4.69, 9.17) is 5.11 Å². The molecule has 1 N–H and O–H groups in total. The number of hydrogen-bond acceptors (Lipinski definition) is 3. The fraction of sp³-hybridized carbons (Fsp3) is 0.364. The third-order valence-corrected chi connectivity index (χ3v) is 2.81. The molecule has 3 rings (SSSR count). The fourth-order valence-electron chi connectivity index (χ4n) is 1.96. The Labute approximate surface area is 91.7 Å². The van der Waals surface area contributed by atoms with Gasteiger partial charge in [0.1, 0.15) is 0 Å². The van der Waals surface area contributed by atoms with Gasteiger partial charge in [-0.05, 0) is 18.9 Å². The molecule has 2 heterocycles. The highest BCUT2D eigenvalue weighted by atomic mass is 16.4. The third-order valence-electron chi connectivity index (χ3n) is 2.81. The molecule has 16 heavy (non-hydrogen) atoms. The Morgan fingerprint density at radius 3 is 3.06 bits per heavy atom. The number of carboxylic acid groups (broad SMARTS) is 1. The van der Waals surface area contributed by atoms with Gasteiger partial charge in [-0.15, -0.1) is 0 Å². The molecule has 0 radical (unpaired) electrons. The van der Waals surface area contributed by atoms with Crippen LogP contribution in [-0.2, 0) is 11.2 Å². The maximum Gasteiger partial charge on any atom is 0.308 e. The van der Waals surface area contributed by atoms with Gasteiger partial charge >= 0.3 is 5.97 Å². The second kappa shape index (κ2) is 3.30. The standard InChI is InChI=1S/C11H11N3O2/c15-9(16)6-8-10(7-2-3-7)13-14-5-1-4-12-11(8)14/h1,4-5,7H,2-3,6H2,(H,15,16). The molecule has 1 aliphatic rings. The summed E-state index contributed by atoms with van der Waals surface area (Å²) < 4.78 is 1.67. The average molecular weight is 217 g/mol. The van der Waals surface area contributed by atoms with Gasteiger partial charge in [-0.2, -0.15) is 5.10 Å². The van der Waals surface area contributed by atoms with E-state index in [1.807, 2.05) is 0 Å². The zero-order valence-corrected chi connectivity index (χ0v) is 8.63. The smallest absolute Gasteiger partial charge is 0.308 e. The van der Waals surface area contributed by atoms with E-state index in [9.17, 15) is 4.79 Å². The predicted molar refractivity (Wildman–Crippen MR) is 56.3 cm³/mol. The van der Waals surface area contributed by atoms with E-state index < -0.39 is 5.97 Å². The molecular weight excluding hydrogens is 206 g/mol. The lowest BCUT2D eigenvalue weighted by Crippen LogP contribution is -2.02. The van der Waals surface area contributed by atoms with Crippen molar-refractivity contribution < 1.29 is 9.90 Å². The summed E-state index contributed by atoms with van der Waals surface area (Å²) in [7, 11) is 0. The summed E-state index contributed by atoms with van der Waals surface area (Å²) in [5, 5.41) is 13.3. The molecule has 0 spiro atoms. The average Bonchev–Trinajstić information content (AvgIpc) is 3.03. The van der Waals surface area contributed by atoms with Crippen molar-refractivity contribution >= 4 is 11.6 Å². The van der Waals surface area contributed by atoms with Crippen LogP contribution in [0.5, 0.6) is 0 Å². The molecule has 0 bridgehead atoms. The molecule has 0 aliphatic heterocycles. The van der Waals surface area contributed by atoms with Crippen molar-refractivity contribution in [1.29, 1.82) is 0 Å². The van der Waals surface area contributed by atoms with Gasteiger partial charge in [-0.1, -0.05) is 0 Å². The molecule has 0 atom stereocenters. The topological polar surface area (TPSA) is 67.5 Å². The van der Waals surface area contributed by atoms with Crippen LogP contribution in [0, 0.1) is 0 Å². The Balaban J connectivity index is 2.18. The first-order valence-electron chi connectivity index (χ1n) is 5.29. The fourth-order valence-corrected chi connectivity index (χ4v) is 1.96. The van der Waals surface area contributed by atoms with E-state index >= 15 is 0 Å². The Morgan fingerprint density at radius 2 is 2.38 bits per heavy atom. The van der Waals surface area contributed by atoms with Crippen molar-refractivity contribution in [1.82, 2.24) is 14.6 Å². The first-order valence-corrected chi connectivity index (χ1v) is 5.29. The van der Waals surface area contributed by atoms with Crippen molar-refractivity contribution in [2.45, 2.75) is 25.2 Å². The highest BCUT2D eigenvalue weighted by Gasteiger charge is 2.31. The minimum absolute atomic E-state index is 0.00630. The zero-order chi connectivity index (χ0) is 11.1. The van der Waals surface area contributed by atoms with Gasteiger partial charge in [0.25, 0.3) is 0 Å². The van der Waals surface area contributed by atoms with Crippen LogP contribution in [0.4, 0.5) is 0 Å². The quantitative estimate of drug-likeness (QED) is 0.839. The minimum atomic E-state index is -0.831. The third kappa shape index (κ3) is 1.44. The molecule has 2 aromatic rings. The second-order valence-corrected chi connectivity index (χ2v) is 4.10. The maximum absolute atomic E-state index is 10.8. The second-order valence-electron chi connectivity index (χ2n) is 4.10. The Hall–Kier alpha value is -1.91. The number of hydrogen-bond donors (Lipinski definition) is 1. The summed E-state index contributed by atoms with van der Waals surface area (Å²) >= 11 is 0. The SMILES string of the molecule is O=C(O)Cc1c(C2CC2)nn2cccnc12. The molecule has 1 aliphatic carbocycles. The zero-order valence-electron chi connectivity index (χ0n) is 8.63. The molecule has 5 heteroatoms. The van der Waals surface area contributed by atoms with Crippen molar-refractivity contribution in [3.8, 4) is 0 Å². The summed E-state index contributed by atoms with van der Waals surface area (Å²) in [6, 6.07) is 1.79. The van der Waals surface area contributed by atoms with Crippen LogP contribution in [0.15, 0.2) is 18.5 Å². The van der Waals surface area contributed by atoms with E-state index in [-0.39, 0.29) is 6.42 Å².